The van der Waals surface area contributed by atoms with Gasteiger partial charge in [0.1, 0.15) is 22.2 Å². The second-order valence-corrected chi connectivity index (χ2v) is 6.84. The van der Waals surface area contributed by atoms with Crippen LogP contribution in [-0.4, -0.2) is 15.9 Å². The smallest absolute Gasteiger partial charge is 0.267 e. The number of thiazole rings is 1. The molecule has 0 fully saturated rings. The highest BCUT2D eigenvalue weighted by Gasteiger charge is 2.16. The number of benzene rings is 1. The molecule has 2 heterocycles. The quantitative estimate of drug-likeness (QED) is 0.743. The predicted molar refractivity (Wildman–Crippen MR) is 99.3 cm³/mol. The van der Waals surface area contributed by atoms with Crippen LogP contribution in [-0.2, 0) is 6.61 Å². The Labute approximate surface area is 150 Å². The van der Waals surface area contributed by atoms with Crippen molar-refractivity contribution in [1.29, 1.82) is 0 Å². The lowest BCUT2D eigenvalue weighted by Crippen LogP contribution is -2.11. The number of carbonyl (C=O) groups is 1. The Balaban J connectivity index is 1.68. The molecule has 0 aliphatic heterocycles. The van der Waals surface area contributed by atoms with Gasteiger partial charge in [-0.3, -0.25) is 9.78 Å². The van der Waals surface area contributed by atoms with Gasteiger partial charge < -0.3 is 10.1 Å². The molecule has 1 N–H and O–H groups in total. The van der Waals surface area contributed by atoms with E-state index in [1.807, 2.05) is 51.1 Å². The SMILES string of the molecule is Cc1ccc(NC(=O)c2sc(COc3cccnc3)nc2C)cc1C. The van der Waals surface area contributed by atoms with Gasteiger partial charge in [-0.1, -0.05) is 6.07 Å². The number of amides is 1. The molecule has 25 heavy (non-hydrogen) atoms. The van der Waals surface area contributed by atoms with Crippen molar-refractivity contribution < 1.29 is 9.53 Å². The summed E-state index contributed by atoms with van der Waals surface area (Å²) in [5.74, 6) is 0.530. The van der Waals surface area contributed by atoms with Crippen LogP contribution in [0.15, 0.2) is 42.7 Å². The Morgan fingerprint density at radius 2 is 2.04 bits per heavy atom. The maximum Gasteiger partial charge on any atom is 0.267 e. The number of anilines is 1. The Bertz CT molecular complexity index is 891. The molecule has 0 saturated carbocycles. The van der Waals surface area contributed by atoms with E-state index in [2.05, 4.69) is 15.3 Å². The normalized spacial score (nSPS) is 10.5. The number of aryl methyl sites for hydroxylation is 3. The third-order valence-electron chi connectivity index (χ3n) is 3.81. The average molecular weight is 353 g/mol. The largest absolute Gasteiger partial charge is 0.485 e. The standard InChI is InChI=1S/C19H19N3O2S/c1-12-6-7-15(9-13(12)2)22-19(23)18-14(3)21-17(25-18)11-24-16-5-4-8-20-10-16/h4-10H,11H2,1-3H3,(H,22,23). The zero-order chi connectivity index (χ0) is 17.8. The number of aromatic nitrogens is 2. The molecule has 6 heteroatoms. The molecule has 5 nitrogen and oxygen atoms in total. The first kappa shape index (κ1) is 17.1. The number of nitrogens with zero attached hydrogens (tertiary/aromatic N) is 2. The van der Waals surface area contributed by atoms with Crippen LogP contribution in [0.3, 0.4) is 0 Å². The Morgan fingerprint density at radius 3 is 2.76 bits per heavy atom. The lowest BCUT2D eigenvalue weighted by atomic mass is 10.1. The van der Waals surface area contributed by atoms with E-state index in [-0.39, 0.29) is 5.91 Å². The predicted octanol–water partition coefficient (Wildman–Crippen LogP) is 4.29. The van der Waals surface area contributed by atoms with Gasteiger partial charge in [0.25, 0.3) is 5.91 Å². The molecule has 0 saturated heterocycles. The fourth-order valence-electron chi connectivity index (χ4n) is 2.31. The van der Waals surface area contributed by atoms with Crippen molar-refractivity contribution >= 4 is 22.9 Å². The average Bonchev–Trinajstić information content (AvgIpc) is 2.98. The molecule has 1 amide bonds. The summed E-state index contributed by atoms with van der Waals surface area (Å²) in [6, 6.07) is 9.52. The van der Waals surface area contributed by atoms with Crippen molar-refractivity contribution in [2.24, 2.45) is 0 Å². The summed E-state index contributed by atoms with van der Waals surface area (Å²) >= 11 is 1.34. The minimum Gasteiger partial charge on any atom is -0.485 e. The maximum atomic E-state index is 12.5. The van der Waals surface area contributed by atoms with E-state index in [0.29, 0.717) is 22.9 Å². The van der Waals surface area contributed by atoms with Gasteiger partial charge in [0.05, 0.1) is 11.9 Å². The van der Waals surface area contributed by atoms with Gasteiger partial charge in [0, 0.05) is 11.9 Å². The van der Waals surface area contributed by atoms with Gasteiger partial charge in [0.15, 0.2) is 0 Å². The van der Waals surface area contributed by atoms with Crippen molar-refractivity contribution in [2.45, 2.75) is 27.4 Å². The monoisotopic (exact) mass is 353 g/mol. The summed E-state index contributed by atoms with van der Waals surface area (Å²) in [4.78, 5) is 21.6. The Kier molecular flexibility index (Phi) is 5.09. The van der Waals surface area contributed by atoms with Gasteiger partial charge in [-0.25, -0.2) is 4.98 Å². The second kappa shape index (κ2) is 7.44. The number of rotatable bonds is 5. The third kappa shape index (κ3) is 4.22. The van der Waals surface area contributed by atoms with Crippen LogP contribution >= 0.6 is 11.3 Å². The molecule has 3 aromatic rings. The minimum atomic E-state index is -0.147. The summed E-state index contributed by atoms with van der Waals surface area (Å²) in [6.45, 7) is 6.22. The van der Waals surface area contributed by atoms with Crippen molar-refractivity contribution in [3.8, 4) is 5.75 Å². The van der Waals surface area contributed by atoms with Gasteiger partial charge >= 0.3 is 0 Å². The first-order chi connectivity index (χ1) is 12.0. The number of carbonyl (C=O) groups excluding carboxylic acids is 1. The molecule has 128 valence electrons. The van der Waals surface area contributed by atoms with E-state index in [9.17, 15) is 4.79 Å². The Hall–Kier alpha value is -2.73. The van der Waals surface area contributed by atoms with Crippen LogP contribution in [0, 0.1) is 20.8 Å². The van der Waals surface area contributed by atoms with Gasteiger partial charge in [-0.2, -0.15) is 0 Å². The minimum absolute atomic E-state index is 0.147. The summed E-state index contributed by atoms with van der Waals surface area (Å²) in [7, 11) is 0. The van der Waals surface area contributed by atoms with Crippen LogP contribution in [0.5, 0.6) is 5.75 Å². The maximum absolute atomic E-state index is 12.5. The van der Waals surface area contributed by atoms with E-state index >= 15 is 0 Å². The van der Waals surface area contributed by atoms with Gasteiger partial charge in [-0.15, -0.1) is 11.3 Å². The summed E-state index contributed by atoms with van der Waals surface area (Å²) in [6.07, 6.45) is 3.34. The summed E-state index contributed by atoms with van der Waals surface area (Å²) in [5.41, 5.74) is 3.83. The molecule has 0 spiro atoms. The molecular weight excluding hydrogens is 334 g/mol. The van der Waals surface area contributed by atoms with E-state index in [0.717, 1.165) is 16.3 Å². The van der Waals surface area contributed by atoms with Gasteiger partial charge in [-0.05, 0) is 56.2 Å². The molecule has 1 aromatic carbocycles. The van der Waals surface area contributed by atoms with Crippen LogP contribution < -0.4 is 10.1 Å². The zero-order valence-corrected chi connectivity index (χ0v) is 15.2. The van der Waals surface area contributed by atoms with Crippen LogP contribution in [0.25, 0.3) is 0 Å². The van der Waals surface area contributed by atoms with Crippen molar-refractivity contribution in [2.75, 3.05) is 5.32 Å². The highest BCUT2D eigenvalue weighted by molar-refractivity contribution is 7.13. The lowest BCUT2D eigenvalue weighted by molar-refractivity contribution is 0.103. The fraction of sp³-hybridized carbons (Fsp3) is 0.211. The van der Waals surface area contributed by atoms with Crippen LogP contribution in [0.4, 0.5) is 5.69 Å². The van der Waals surface area contributed by atoms with E-state index in [4.69, 9.17) is 4.74 Å². The molecule has 0 bridgehead atoms. The van der Waals surface area contributed by atoms with E-state index in [1.54, 1.807) is 12.4 Å². The number of hydrogen-bond donors (Lipinski definition) is 1. The number of pyridine rings is 1. The molecular formula is C19H19N3O2S. The lowest BCUT2D eigenvalue weighted by Gasteiger charge is -2.06. The molecule has 2 aromatic heterocycles. The first-order valence-electron chi connectivity index (χ1n) is 7.90. The molecule has 3 rings (SSSR count). The molecule has 0 radical (unpaired) electrons. The summed E-state index contributed by atoms with van der Waals surface area (Å²) in [5, 5.41) is 3.69. The molecule has 0 aliphatic carbocycles. The fourth-order valence-corrected chi connectivity index (χ4v) is 3.18. The van der Waals surface area contributed by atoms with Gasteiger partial charge in [0.2, 0.25) is 0 Å². The number of nitrogens with one attached hydrogen (secondary N) is 1. The highest BCUT2D eigenvalue weighted by Crippen LogP contribution is 2.22. The van der Waals surface area contributed by atoms with Crippen molar-refractivity contribution in [1.82, 2.24) is 9.97 Å². The van der Waals surface area contributed by atoms with Crippen LogP contribution in [0.1, 0.15) is 31.5 Å². The highest BCUT2D eigenvalue weighted by atomic mass is 32.1. The third-order valence-corrected chi connectivity index (χ3v) is 4.94. The molecule has 0 aliphatic rings. The molecule has 0 atom stereocenters. The van der Waals surface area contributed by atoms with E-state index in [1.165, 1.54) is 16.9 Å². The van der Waals surface area contributed by atoms with E-state index < -0.39 is 0 Å². The second-order valence-electron chi connectivity index (χ2n) is 5.75. The number of hydrogen-bond acceptors (Lipinski definition) is 5. The summed E-state index contributed by atoms with van der Waals surface area (Å²) < 4.78 is 5.64. The molecule has 0 unspecified atom stereocenters. The first-order valence-corrected chi connectivity index (χ1v) is 8.72. The Morgan fingerprint density at radius 1 is 1.20 bits per heavy atom. The van der Waals surface area contributed by atoms with Crippen LogP contribution in [0.2, 0.25) is 0 Å². The topological polar surface area (TPSA) is 64.1 Å². The number of ether oxygens (including phenoxy) is 1. The van der Waals surface area contributed by atoms with Crippen molar-refractivity contribution in [3.63, 3.8) is 0 Å². The zero-order valence-electron chi connectivity index (χ0n) is 14.4. The van der Waals surface area contributed by atoms with Crippen molar-refractivity contribution in [3.05, 3.63) is 69.4 Å².